The fraction of sp³-hybridized carbons (Fsp3) is 0.625. The first kappa shape index (κ1) is 15.0. The molecule has 0 radical (unpaired) electrons. The van der Waals surface area contributed by atoms with Crippen molar-refractivity contribution in [3.63, 3.8) is 0 Å². The lowest BCUT2D eigenvalue weighted by atomic mass is 9.92. The summed E-state index contributed by atoms with van der Waals surface area (Å²) in [5.41, 5.74) is 4.67. The number of rotatable bonds is 4. The van der Waals surface area contributed by atoms with Gasteiger partial charge >= 0.3 is 0 Å². The predicted molar refractivity (Wildman–Crippen MR) is 83.0 cm³/mol. The summed E-state index contributed by atoms with van der Waals surface area (Å²) in [6.45, 7) is 14.1. The first-order valence-electron chi connectivity index (χ1n) is 7.33. The SMILES string of the molecule is Cc1cc2ncc(C(C)NCCC(C)(C)C)c(C)n2n1. The van der Waals surface area contributed by atoms with Crippen molar-refractivity contribution >= 4 is 5.65 Å². The first-order valence-corrected chi connectivity index (χ1v) is 7.33. The summed E-state index contributed by atoms with van der Waals surface area (Å²) in [7, 11) is 0. The molecule has 20 heavy (non-hydrogen) atoms. The molecule has 0 bridgehead atoms. The number of hydrogen-bond donors (Lipinski definition) is 1. The van der Waals surface area contributed by atoms with Crippen LogP contribution in [0.3, 0.4) is 0 Å². The second kappa shape index (κ2) is 5.52. The van der Waals surface area contributed by atoms with Crippen molar-refractivity contribution in [1.29, 1.82) is 0 Å². The Labute approximate surface area is 121 Å². The molecule has 2 rings (SSSR count). The molecule has 4 nitrogen and oxygen atoms in total. The predicted octanol–water partition coefficient (Wildman–Crippen LogP) is 3.43. The smallest absolute Gasteiger partial charge is 0.155 e. The summed E-state index contributed by atoms with van der Waals surface area (Å²) < 4.78 is 1.94. The van der Waals surface area contributed by atoms with E-state index in [1.54, 1.807) is 0 Å². The third kappa shape index (κ3) is 3.37. The highest BCUT2D eigenvalue weighted by atomic mass is 15.3. The van der Waals surface area contributed by atoms with Crippen LogP contribution < -0.4 is 5.32 Å². The van der Waals surface area contributed by atoms with Crippen LogP contribution in [0.25, 0.3) is 5.65 Å². The molecule has 0 amide bonds. The van der Waals surface area contributed by atoms with Crippen molar-refractivity contribution < 1.29 is 0 Å². The fourth-order valence-corrected chi connectivity index (χ4v) is 2.37. The Bertz CT molecular complexity index is 592. The van der Waals surface area contributed by atoms with Gasteiger partial charge in [0.15, 0.2) is 5.65 Å². The van der Waals surface area contributed by atoms with Crippen LogP contribution >= 0.6 is 0 Å². The molecule has 2 heterocycles. The normalized spacial score (nSPS) is 13.9. The van der Waals surface area contributed by atoms with Gasteiger partial charge in [-0.1, -0.05) is 20.8 Å². The van der Waals surface area contributed by atoms with E-state index in [2.05, 4.69) is 50.0 Å². The van der Waals surface area contributed by atoms with Crippen LogP contribution in [-0.4, -0.2) is 21.1 Å². The van der Waals surface area contributed by atoms with E-state index in [0.717, 1.165) is 24.3 Å². The Morgan fingerprint density at radius 2 is 2.00 bits per heavy atom. The lowest BCUT2D eigenvalue weighted by Crippen LogP contribution is -2.24. The Kier molecular flexibility index (Phi) is 4.14. The third-order valence-corrected chi connectivity index (χ3v) is 3.68. The van der Waals surface area contributed by atoms with E-state index in [9.17, 15) is 0 Å². The van der Waals surface area contributed by atoms with Crippen LogP contribution in [0.4, 0.5) is 0 Å². The Morgan fingerprint density at radius 3 is 2.65 bits per heavy atom. The van der Waals surface area contributed by atoms with E-state index in [-0.39, 0.29) is 0 Å². The van der Waals surface area contributed by atoms with Crippen molar-refractivity contribution in [3.05, 3.63) is 29.2 Å². The molecule has 0 spiro atoms. The average Bonchev–Trinajstić information content (AvgIpc) is 2.69. The van der Waals surface area contributed by atoms with Gasteiger partial charge in [-0.25, -0.2) is 9.50 Å². The lowest BCUT2D eigenvalue weighted by molar-refractivity contribution is 0.357. The van der Waals surface area contributed by atoms with Gasteiger partial charge in [-0.2, -0.15) is 5.10 Å². The third-order valence-electron chi connectivity index (χ3n) is 3.68. The molecule has 0 aliphatic carbocycles. The largest absolute Gasteiger partial charge is 0.310 e. The molecule has 0 aliphatic heterocycles. The van der Waals surface area contributed by atoms with Crippen LogP contribution in [0.15, 0.2) is 12.3 Å². The van der Waals surface area contributed by atoms with Crippen LogP contribution in [0.5, 0.6) is 0 Å². The summed E-state index contributed by atoms with van der Waals surface area (Å²) in [5, 5.41) is 8.09. The summed E-state index contributed by atoms with van der Waals surface area (Å²) in [6.07, 6.45) is 3.13. The Balaban J connectivity index is 2.13. The van der Waals surface area contributed by atoms with Crippen LogP contribution in [0, 0.1) is 19.3 Å². The molecule has 1 atom stereocenters. The van der Waals surface area contributed by atoms with Gasteiger partial charge in [0.25, 0.3) is 0 Å². The zero-order chi connectivity index (χ0) is 14.9. The maximum atomic E-state index is 4.50. The molecule has 0 fully saturated rings. The molecule has 2 aromatic heterocycles. The van der Waals surface area contributed by atoms with Gasteiger partial charge in [-0.05, 0) is 39.2 Å². The lowest BCUT2D eigenvalue weighted by Gasteiger charge is -2.21. The summed E-state index contributed by atoms with van der Waals surface area (Å²) in [4.78, 5) is 4.50. The number of nitrogens with one attached hydrogen (secondary N) is 1. The van der Waals surface area contributed by atoms with Gasteiger partial charge in [0.05, 0.1) is 5.69 Å². The minimum atomic E-state index is 0.291. The van der Waals surface area contributed by atoms with E-state index in [4.69, 9.17) is 0 Å². The second-order valence-electron chi connectivity index (χ2n) is 6.84. The number of hydrogen-bond acceptors (Lipinski definition) is 3. The minimum absolute atomic E-state index is 0.291. The van der Waals surface area contributed by atoms with Crippen molar-refractivity contribution in [2.45, 2.75) is 54.0 Å². The van der Waals surface area contributed by atoms with Gasteiger partial charge in [-0.3, -0.25) is 0 Å². The molecular formula is C16H26N4. The molecule has 2 aromatic rings. The quantitative estimate of drug-likeness (QED) is 0.928. The van der Waals surface area contributed by atoms with Crippen molar-refractivity contribution in [2.24, 2.45) is 5.41 Å². The fourth-order valence-electron chi connectivity index (χ4n) is 2.37. The highest BCUT2D eigenvalue weighted by Gasteiger charge is 2.14. The summed E-state index contributed by atoms with van der Waals surface area (Å²) in [5.74, 6) is 0. The number of aryl methyl sites for hydroxylation is 2. The Morgan fingerprint density at radius 1 is 1.30 bits per heavy atom. The summed E-state index contributed by atoms with van der Waals surface area (Å²) in [6, 6.07) is 2.30. The van der Waals surface area contributed by atoms with E-state index in [1.165, 1.54) is 11.3 Å². The first-order chi connectivity index (χ1) is 9.28. The molecule has 0 aliphatic rings. The summed E-state index contributed by atoms with van der Waals surface area (Å²) >= 11 is 0. The molecule has 1 unspecified atom stereocenters. The maximum Gasteiger partial charge on any atom is 0.155 e. The molecule has 0 aromatic carbocycles. The Hall–Kier alpha value is -1.42. The van der Waals surface area contributed by atoms with E-state index >= 15 is 0 Å². The average molecular weight is 274 g/mol. The van der Waals surface area contributed by atoms with E-state index in [1.807, 2.05) is 23.7 Å². The van der Waals surface area contributed by atoms with Crippen LogP contribution in [0.2, 0.25) is 0 Å². The van der Waals surface area contributed by atoms with Gasteiger partial charge in [0, 0.05) is 29.6 Å². The zero-order valence-corrected chi connectivity index (χ0v) is 13.5. The monoisotopic (exact) mass is 274 g/mol. The minimum Gasteiger partial charge on any atom is -0.310 e. The molecule has 1 N–H and O–H groups in total. The van der Waals surface area contributed by atoms with Gasteiger partial charge in [-0.15, -0.1) is 0 Å². The van der Waals surface area contributed by atoms with Crippen LogP contribution in [0.1, 0.15) is 57.1 Å². The van der Waals surface area contributed by atoms with Crippen molar-refractivity contribution in [1.82, 2.24) is 19.9 Å². The second-order valence-corrected chi connectivity index (χ2v) is 6.84. The molecule has 4 heteroatoms. The molecule has 0 saturated heterocycles. The maximum absolute atomic E-state index is 4.50. The topological polar surface area (TPSA) is 42.2 Å². The molecule has 0 saturated carbocycles. The highest BCUT2D eigenvalue weighted by molar-refractivity contribution is 5.42. The standard InChI is InChI=1S/C16H26N4/c1-11-9-15-18-10-14(13(3)20(15)19-11)12(2)17-8-7-16(4,5)6/h9-10,12,17H,7-8H2,1-6H3. The molecular weight excluding hydrogens is 248 g/mol. The zero-order valence-electron chi connectivity index (χ0n) is 13.5. The van der Waals surface area contributed by atoms with Gasteiger partial charge in [0.2, 0.25) is 0 Å². The van der Waals surface area contributed by atoms with Gasteiger partial charge < -0.3 is 5.32 Å². The highest BCUT2D eigenvalue weighted by Crippen LogP contribution is 2.20. The number of fused-ring (bicyclic) bond motifs is 1. The van der Waals surface area contributed by atoms with Crippen LogP contribution in [-0.2, 0) is 0 Å². The van der Waals surface area contributed by atoms with Crippen molar-refractivity contribution in [3.8, 4) is 0 Å². The van der Waals surface area contributed by atoms with E-state index in [0.29, 0.717) is 11.5 Å². The van der Waals surface area contributed by atoms with E-state index < -0.39 is 0 Å². The van der Waals surface area contributed by atoms with Gasteiger partial charge in [0.1, 0.15) is 0 Å². The van der Waals surface area contributed by atoms with Crippen molar-refractivity contribution in [2.75, 3.05) is 6.54 Å². The number of aromatic nitrogens is 3. The molecule has 110 valence electrons. The number of nitrogens with zero attached hydrogens (tertiary/aromatic N) is 3.